The number of benzene rings is 2. The average Bonchev–Trinajstić information content (AvgIpc) is 2.89. The molecule has 1 unspecified atom stereocenters. The van der Waals surface area contributed by atoms with E-state index in [1.165, 1.54) is 28.6 Å². The van der Waals surface area contributed by atoms with Crippen LogP contribution in [0.5, 0.6) is 0 Å². The number of halogens is 2. The summed E-state index contributed by atoms with van der Waals surface area (Å²) in [5.74, 6) is -0.840. The summed E-state index contributed by atoms with van der Waals surface area (Å²) >= 11 is 0. The van der Waals surface area contributed by atoms with Crippen molar-refractivity contribution in [3.8, 4) is 0 Å². The number of aliphatic hydroxyl groups excluding tert-OH is 1. The molecule has 5 nitrogen and oxygen atoms in total. The van der Waals surface area contributed by atoms with Crippen molar-refractivity contribution in [2.45, 2.75) is 17.4 Å². The van der Waals surface area contributed by atoms with Crippen molar-refractivity contribution in [3.63, 3.8) is 0 Å². The number of nitrogens with zero attached hydrogens (tertiary/aromatic N) is 2. The number of rotatable bonds is 5. The SMILES string of the molecule is O=S(=O)(c1ccc(F)cc1)N1CCCN(CC(O)c2ccc(F)cc2)CC1. The van der Waals surface area contributed by atoms with Gasteiger partial charge < -0.3 is 5.11 Å². The van der Waals surface area contributed by atoms with Crippen LogP contribution in [-0.2, 0) is 10.0 Å². The molecule has 1 saturated heterocycles. The van der Waals surface area contributed by atoms with E-state index in [0.29, 0.717) is 38.2 Å². The second-order valence-corrected chi connectivity index (χ2v) is 8.52. The zero-order valence-electron chi connectivity index (χ0n) is 14.8. The van der Waals surface area contributed by atoms with Gasteiger partial charge in [-0.1, -0.05) is 12.1 Å². The summed E-state index contributed by atoms with van der Waals surface area (Å²) in [4.78, 5) is 2.07. The molecule has 0 radical (unpaired) electrons. The molecule has 0 bridgehead atoms. The Morgan fingerprint density at radius 3 is 2.11 bits per heavy atom. The Hall–Kier alpha value is -1.87. The zero-order valence-corrected chi connectivity index (χ0v) is 15.6. The Kier molecular flexibility index (Phi) is 6.21. The fraction of sp³-hybridized carbons (Fsp3) is 0.368. The second kappa shape index (κ2) is 8.43. The first-order chi connectivity index (χ1) is 12.9. The molecule has 3 rings (SSSR count). The van der Waals surface area contributed by atoms with Gasteiger partial charge in [-0.2, -0.15) is 4.31 Å². The maximum atomic E-state index is 13.1. The molecule has 8 heteroatoms. The Balaban J connectivity index is 1.63. The van der Waals surface area contributed by atoms with Crippen LogP contribution in [0.3, 0.4) is 0 Å². The molecule has 1 atom stereocenters. The van der Waals surface area contributed by atoms with Gasteiger partial charge in [0.25, 0.3) is 0 Å². The zero-order chi connectivity index (χ0) is 19.4. The molecular weight excluding hydrogens is 374 g/mol. The van der Waals surface area contributed by atoms with Crippen molar-refractivity contribution >= 4 is 10.0 Å². The minimum Gasteiger partial charge on any atom is -0.387 e. The first-order valence-corrected chi connectivity index (χ1v) is 10.2. The lowest BCUT2D eigenvalue weighted by atomic mass is 10.1. The third kappa shape index (κ3) is 4.90. The van der Waals surface area contributed by atoms with Gasteiger partial charge in [0.15, 0.2) is 0 Å². The quantitative estimate of drug-likeness (QED) is 0.843. The lowest BCUT2D eigenvalue weighted by Gasteiger charge is -2.24. The minimum absolute atomic E-state index is 0.0729. The molecule has 0 aromatic heterocycles. The van der Waals surface area contributed by atoms with Gasteiger partial charge in [0.05, 0.1) is 11.0 Å². The van der Waals surface area contributed by atoms with Gasteiger partial charge in [-0.15, -0.1) is 0 Å². The van der Waals surface area contributed by atoms with Gasteiger partial charge >= 0.3 is 0 Å². The van der Waals surface area contributed by atoms with E-state index in [1.807, 2.05) is 4.90 Å². The van der Waals surface area contributed by atoms with Crippen LogP contribution in [0.15, 0.2) is 53.4 Å². The largest absolute Gasteiger partial charge is 0.387 e. The van der Waals surface area contributed by atoms with E-state index in [9.17, 15) is 22.3 Å². The molecule has 1 aliphatic rings. The van der Waals surface area contributed by atoms with Gasteiger partial charge in [0, 0.05) is 26.2 Å². The average molecular weight is 396 g/mol. The fourth-order valence-corrected chi connectivity index (χ4v) is 4.63. The Morgan fingerprint density at radius 2 is 1.48 bits per heavy atom. The van der Waals surface area contributed by atoms with E-state index in [4.69, 9.17) is 0 Å². The summed E-state index contributed by atoms with van der Waals surface area (Å²) in [5.41, 5.74) is 0.622. The van der Waals surface area contributed by atoms with Crippen molar-refractivity contribution in [2.24, 2.45) is 0 Å². The van der Waals surface area contributed by atoms with Crippen LogP contribution in [0, 0.1) is 11.6 Å². The maximum Gasteiger partial charge on any atom is 0.243 e. The highest BCUT2D eigenvalue weighted by atomic mass is 32.2. The molecule has 146 valence electrons. The molecule has 0 saturated carbocycles. The van der Waals surface area contributed by atoms with Gasteiger partial charge in [0.2, 0.25) is 10.0 Å². The highest BCUT2D eigenvalue weighted by Gasteiger charge is 2.27. The normalized spacial score (nSPS) is 18.2. The highest BCUT2D eigenvalue weighted by Crippen LogP contribution is 2.20. The molecule has 0 aliphatic carbocycles. The van der Waals surface area contributed by atoms with E-state index >= 15 is 0 Å². The van der Waals surface area contributed by atoms with Crippen LogP contribution in [0.25, 0.3) is 0 Å². The summed E-state index contributed by atoms with van der Waals surface area (Å²) in [6, 6.07) is 10.5. The minimum atomic E-state index is -3.68. The standard InChI is InChI=1S/C19H22F2N2O3S/c20-16-4-2-15(3-5-16)19(24)14-22-10-1-11-23(13-12-22)27(25,26)18-8-6-17(21)7-9-18/h2-9,19,24H,1,10-14H2. The summed E-state index contributed by atoms with van der Waals surface area (Å²) < 4.78 is 52.9. The Labute approximate surface area is 157 Å². The van der Waals surface area contributed by atoms with Crippen LogP contribution >= 0.6 is 0 Å². The van der Waals surface area contributed by atoms with Crippen LogP contribution in [-0.4, -0.2) is 55.5 Å². The van der Waals surface area contributed by atoms with Crippen molar-refractivity contribution < 1.29 is 22.3 Å². The van der Waals surface area contributed by atoms with Gasteiger partial charge in [-0.3, -0.25) is 4.90 Å². The lowest BCUT2D eigenvalue weighted by molar-refractivity contribution is 0.116. The molecule has 1 N–H and O–H groups in total. The van der Waals surface area contributed by atoms with Crippen LogP contribution in [0.1, 0.15) is 18.1 Å². The first kappa shape index (κ1) is 19.9. The number of β-amino-alcohol motifs (C(OH)–C–C–N with tert-alkyl or cyclic N) is 1. The number of aliphatic hydroxyl groups is 1. The number of sulfonamides is 1. The number of hydrogen-bond acceptors (Lipinski definition) is 4. The van der Waals surface area contributed by atoms with E-state index in [2.05, 4.69) is 0 Å². The predicted octanol–water partition coefficient (Wildman–Crippen LogP) is 2.39. The smallest absolute Gasteiger partial charge is 0.243 e. The predicted molar refractivity (Wildman–Crippen MR) is 97.6 cm³/mol. The second-order valence-electron chi connectivity index (χ2n) is 6.58. The van der Waals surface area contributed by atoms with Crippen molar-refractivity contribution in [2.75, 3.05) is 32.7 Å². The Bertz CT molecular complexity index is 858. The summed E-state index contributed by atoms with van der Waals surface area (Å²) in [6.45, 7) is 2.11. The molecule has 2 aromatic carbocycles. The third-order valence-corrected chi connectivity index (χ3v) is 6.60. The molecule has 27 heavy (non-hydrogen) atoms. The molecular formula is C19H22F2N2O3S. The lowest BCUT2D eigenvalue weighted by Crippen LogP contribution is -2.36. The summed E-state index contributed by atoms with van der Waals surface area (Å²) in [7, 11) is -3.68. The van der Waals surface area contributed by atoms with E-state index in [1.54, 1.807) is 12.1 Å². The van der Waals surface area contributed by atoms with Gasteiger partial charge in [-0.25, -0.2) is 17.2 Å². The van der Waals surface area contributed by atoms with E-state index in [0.717, 1.165) is 12.1 Å². The maximum absolute atomic E-state index is 13.1. The highest BCUT2D eigenvalue weighted by molar-refractivity contribution is 7.89. The number of hydrogen-bond donors (Lipinski definition) is 1. The van der Waals surface area contributed by atoms with Crippen molar-refractivity contribution in [1.82, 2.24) is 9.21 Å². The van der Waals surface area contributed by atoms with E-state index < -0.39 is 21.9 Å². The molecule has 1 aliphatic heterocycles. The third-order valence-electron chi connectivity index (χ3n) is 4.68. The van der Waals surface area contributed by atoms with Crippen LogP contribution in [0.2, 0.25) is 0 Å². The monoisotopic (exact) mass is 396 g/mol. The topological polar surface area (TPSA) is 60.9 Å². The molecule has 0 amide bonds. The molecule has 0 spiro atoms. The van der Waals surface area contributed by atoms with Gasteiger partial charge in [-0.05, 0) is 54.9 Å². The summed E-state index contributed by atoms with van der Waals surface area (Å²) in [6.07, 6.45) is -0.151. The van der Waals surface area contributed by atoms with Crippen molar-refractivity contribution in [1.29, 1.82) is 0 Å². The van der Waals surface area contributed by atoms with Crippen LogP contribution < -0.4 is 0 Å². The van der Waals surface area contributed by atoms with Gasteiger partial charge in [0.1, 0.15) is 11.6 Å². The van der Waals surface area contributed by atoms with Crippen LogP contribution in [0.4, 0.5) is 8.78 Å². The van der Waals surface area contributed by atoms with E-state index in [-0.39, 0.29) is 17.3 Å². The molecule has 1 fully saturated rings. The first-order valence-electron chi connectivity index (χ1n) is 8.78. The molecule has 1 heterocycles. The molecule has 2 aromatic rings. The summed E-state index contributed by atoms with van der Waals surface area (Å²) in [5, 5.41) is 10.4. The fourth-order valence-electron chi connectivity index (χ4n) is 3.16. The Morgan fingerprint density at radius 1 is 0.889 bits per heavy atom. The van der Waals surface area contributed by atoms with Crippen molar-refractivity contribution in [3.05, 3.63) is 65.7 Å².